The molecule has 0 aromatic carbocycles. The Kier molecular flexibility index (Phi) is 4.98. The van der Waals surface area contributed by atoms with Crippen LogP contribution >= 0.6 is 23.5 Å². The Hall–Kier alpha value is -0.420. The normalized spacial score (nSPS) is 20.2. The first-order valence-corrected chi connectivity index (χ1v) is 8.28. The molecular formula is C12H19N3S2. The highest BCUT2D eigenvalue weighted by Gasteiger charge is 2.20. The van der Waals surface area contributed by atoms with Gasteiger partial charge in [0.1, 0.15) is 11.6 Å². The summed E-state index contributed by atoms with van der Waals surface area (Å²) in [6.45, 7) is 2.19. The molecule has 2 rings (SSSR count). The summed E-state index contributed by atoms with van der Waals surface area (Å²) < 4.78 is 0. The SMILES string of the molecule is CCCc1cc(NC)nc(C2CSCCS2)n1. The van der Waals surface area contributed by atoms with Gasteiger partial charge in [-0.3, -0.25) is 0 Å². The van der Waals surface area contributed by atoms with E-state index in [-0.39, 0.29) is 0 Å². The highest BCUT2D eigenvalue weighted by atomic mass is 32.2. The molecule has 0 bridgehead atoms. The van der Waals surface area contributed by atoms with E-state index < -0.39 is 0 Å². The van der Waals surface area contributed by atoms with Gasteiger partial charge in [-0.25, -0.2) is 9.97 Å². The van der Waals surface area contributed by atoms with Crippen molar-refractivity contribution in [1.82, 2.24) is 9.97 Å². The molecule has 1 aromatic heterocycles. The van der Waals surface area contributed by atoms with E-state index >= 15 is 0 Å². The molecule has 0 aliphatic carbocycles. The number of hydrogen-bond acceptors (Lipinski definition) is 5. The predicted molar refractivity (Wildman–Crippen MR) is 78.1 cm³/mol. The van der Waals surface area contributed by atoms with Crippen LogP contribution < -0.4 is 5.32 Å². The molecule has 3 nitrogen and oxygen atoms in total. The molecule has 1 aromatic rings. The third kappa shape index (κ3) is 3.52. The van der Waals surface area contributed by atoms with Crippen LogP contribution in [0.2, 0.25) is 0 Å². The minimum atomic E-state index is 0.470. The van der Waals surface area contributed by atoms with E-state index in [1.54, 1.807) is 0 Å². The maximum atomic E-state index is 4.71. The maximum Gasteiger partial charge on any atom is 0.144 e. The zero-order valence-electron chi connectivity index (χ0n) is 10.4. The van der Waals surface area contributed by atoms with Gasteiger partial charge in [-0.1, -0.05) is 13.3 Å². The van der Waals surface area contributed by atoms with Crippen molar-refractivity contribution in [2.24, 2.45) is 0 Å². The number of aryl methyl sites for hydroxylation is 1. The molecule has 1 aliphatic heterocycles. The van der Waals surface area contributed by atoms with Crippen LogP contribution in [0.5, 0.6) is 0 Å². The molecule has 1 unspecified atom stereocenters. The van der Waals surface area contributed by atoms with Crippen molar-refractivity contribution in [2.45, 2.75) is 25.0 Å². The smallest absolute Gasteiger partial charge is 0.144 e. The van der Waals surface area contributed by atoms with Gasteiger partial charge in [0.25, 0.3) is 0 Å². The number of anilines is 1. The van der Waals surface area contributed by atoms with E-state index in [0.29, 0.717) is 5.25 Å². The summed E-state index contributed by atoms with van der Waals surface area (Å²) in [6, 6.07) is 2.06. The van der Waals surface area contributed by atoms with E-state index in [1.165, 1.54) is 11.5 Å². The molecular weight excluding hydrogens is 250 g/mol. The van der Waals surface area contributed by atoms with Crippen LogP contribution in [0.1, 0.15) is 30.1 Å². The fraction of sp³-hybridized carbons (Fsp3) is 0.667. The molecule has 1 N–H and O–H groups in total. The Morgan fingerprint density at radius 3 is 2.94 bits per heavy atom. The molecule has 0 radical (unpaired) electrons. The number of aromatic nitrogens is 2. The number of thioether (sulfide) groups is 2. The van der Waals surface area contributed by atoms with E-state index in [0.717, 1.165) is 35.9 Å². The highest BCUT2D eigenvalue weighted by molar-refractivity contribution is 8.06. The van der Waals surface area contributed by atoms with Crippen LogP contribution in [0.3, 0.4) is 0 Å². The molecule has 0 saturated carbocycles. The zero-order valence-corrected chi connectivity index (χ0v) is 12.0. The first-order valence-electron chi connectivity index (χ1n) is 6.08. The summed E-state index contributed by atoms with van der Waals surface area (Å²) in [7, 11) is 1.92. The first-order chi connectivity index (χ1) is 8.33. The summed E-state index contributed by atoms with van der Waals surface area (Å²) in [5, 5.41) is 3.61. The third-order valence-electron chi connectivity index (χ3n) is 2.66. The zero-order chi connectivity index (χ0) is 12.1. The molecule has 1 aliphatic rings. The van der Waals surface area contributed by atoms with Crippen LogP contribution in [0.4, 0.5) is 5.82 Å². The van der Waals surface area contributed by atoms with E-state index in [2.05, 4.69) is 23.3 Å². The van der Waals surface area contributed by atoms with Gasteiger partial charge in [0.15, 0.2) is 0 Å². The Bertz CT molecular complexity index is 365. The van der Waals surface area contributed by atoms with Crippen molar-refractivity contribution >= 4 is 29.3 Å². The lowest BCUT2D eigenvalue weighted by molar-refractivity contribution is 0.831. The lowest BCUT2D eigenvalue weighted by Crippen LogP contribution is -2.12. The van der Waals surface area contributed by atoms with E-state index in [4.69, 9.17) is 4.98 Å². The van der Waals surface area contributed by atoms with Gasteiger partial charge < -0.3 is 5.32 Å². The van der Waals surface area contributed by atoms with Crippen molar-refractivity contribution < 1.29 is 0 Å². The average molecular weight is 269 g/mol. The topological polar surface area (TPSA) is 37.8 Å². The number of hydrogen-bond donors (Lipinski definition) is 1. The van der Waals surface area contributed by atoms with Crippen molar-refractivity contribution in [3.8, 4) is 0 Å². The van der Waals surface area contributed by atoms with Gasteiger partial charge in [0, 0.05) is 36.1 Å². The van der Waals surface area contributed by atoms with Gasteiger partial charge in [0.2, 0.25) is 0 Å². The Morgan fingerprint density at radius 1 is 1.41 bits per heavy atom. The Balaban J connectivity index is 2.21. The molecule has 0 spiro atoms. The van der Waals surface area contributed by atoms with Crippen LogP contribution in [-0.4, -0.2) is 34.3 Å². The largest absolute Gasteiger partial charge is 0.373 e. The van der Waals surface area contributed by atoms with Gasteiger partial charge in [0.05, 0.1) is 5.25 Å². The van der Waals surface area contributed by atoms with Crippen molar-refractivity contribution in [1.29, 1.82) is 0 Å². The summed E-state index contributed by atoms with van der Waals surface area (Å²) in [5.74, 6) is 5.58. The molecule has 1 saturated heterocycles. The predicted octanol–water partition coefficient (Wildman–Crippen LogP) is 2.99. The minimum absolute atomic E-state index is 0.470. The molecule has 17 heavy (non-hydrogen) atoms. The Morgan fingerprint density at radius 2 is 2.29 bits per heavy atom. The first kappa shape index (κ1) is 13.0. The fourth-order valence-electron chi connectivity index (χ4n) is 1.81. The molecule has 2 heterocycles. The lowest BCUT2D eigenvalue weighted by atomic mass is 10.2. The monoisotopic (exact) mass is 269 g/mol. The van der Waals surface area contributed by atoms with Crippen molar-refractivity contribution in [3.63, 3.8) is 0 Å². The molecule has 0 amide bonds. The average Bonchev–Trinajstić information content (AvgIpc) is 2.40. The second-order valence-electron chi connectivity index (χ2n) is 4.04. The van der Waals surface area contributed by atoms with Crippen LogP contribution in [0.15, 0.2) is 6.07 Å². The summed E-state index contributed by atoms with van der Waals surface area (Å²) in [5.41, 5.74) is 1.16. The third-order valence-corrected chi connectivity index (χ3v) is 5.41. The summed E-state index contributed by atoms with van der Waals surface area (Å²) in [6.07, 6.45) is 2.17. The van der Waals surface area contributed by atoms with Crippen molar-refractivity contribution in [3.05, 3.63) is 17.6 Å². The van der Waals surface area contributed by atoms with Gasteiger partial charge >= 0.3 is 0 Å². The van der Waals surface area contributed by atoms with Crippen LogP contribution in [0.25, 0.3) is 0 Å². The van der Waals surface area contributed by atoms with E-state index in [9.17, 15) is 0 Å². The second-order valence-corrected chi connectivity index (χ2v) is 6.50. The quantitative estimate of drug-likeness (QED) is 0.909. The molecule has 5 heteroatoms. The summed E-state index contributed by atoms with van der Waals surface area (Å²) >= 11 is 4.00. The van der Waals surface area contributed by atoms with Crippen LogP contribution in [0, 0.1) is 0 Å². The Labute approximate surface area is 112 Å². The number of rotatable bonds is 4. The summed E-state index contributed by atoms with van der Waals surface area (Å²) in [4.78, 5) is 9.31. The minimum Gasteiger partial charge on any atom is -0.373 e. The maximum absolute atomic E-state index is 4.71. The second kappa shape index (κ2) is 6.50. The van der Waals surface area contributed by atoms with Gasteiger partial charge in [-0.15, -0.1) is 11.8 Å². The number of nitrogens with zero attached hydrogens (tertiary/aromatic N) is 2. The van der Waals surface area contributed by atoms with Gasteiger partial charge in [-0.2, -0.15) is 11.8 Å². The fourth-order valence-corrected chi connectivity index (χ4v) is 4.41. The standard InChI is InChI=1S/C12H19N3S2/c1-3-4-9-7-11(13-2)15-12(14-9)10-8-16-5-6-17-10/h7,10H,3-6,8H2,1-2H3,(H,13,14,15). The molecule has 1 fully saturated rings. The van der Waals surface area contributed by atoms with Crippen molar-refractivity contribution in [2.75, 3.05) is 29.6 Å². The highest BCUT2D eigenvalue weighted by Crippen LogP contribution is 2.35. The van der Waals surface area contributed by atoms with Gasteiger partial charge in [-0.05, 0) is 6.42 Å². The lowest BCUT2D eigenvalue weighted by Gasteiger charge is -2.20. The van der Waals surface area contributed by atoms with Crippen LogP contribution in [-0.2, 0) is 6.42 Å². The number of nitrogens with one attached hydrogen (secondary N) is 1. The molecule has 1 atom stereocenters. The molecule has 94 valence electrons. The van der Waals surface area contributed by atoms with E-state index in [1.807, 2.05) is 30.6 Å².